The van der Waals surface area contributed by atoms with Gasteiger partial charge in [-0.05, 0) is 57.7 Å². The summed E-state index contributed by atoms with van der Waals surface area (Å²) in [7, 11) is 1.53. The summed E-state index contributed by atoms with van der Waals surface area (Å²) in [6, 6.07) is 5.01. The van der Waals surface area contributed by atoms with Crippen molar-refractivity contribution in [2.45, 2.75) is 45.6 Å². The molecule has 0 bridgehead atoms. The number of carbonyl (C=O) groups excluding carboxylic acids is 1. The standard InChI is InChI=1S/C18H25NO5/c1-18(2,17(21)22)11-19-16(20)12-8-9-14(15(10-12)23-3)24-13-6-4-5-7-13/h8-10,13H,4-7,11H2,1-3H3,(H,19,20)(H,21,22). The molecular weight excluding hydrogens is 310 g/mol. The van der Waals surface area contributed by atoms with Crippen molar-refractivity contribution in [3.05, 3.63) is 23.8 Å². The Kier molecular flexibility index (Phi) is 5.70. The van der Waals surface area contributed by atoms with Crippen LogP contribution in [0.25, 0.3) is 0 Å². The van der Waals surface area contributed by atoms with Crippen molar-refractivity contribution in [2.24, 2.45) is 5.41 Å². The molecule has 2 N–H and O–H groups in total. The van der Waals surface area contributed by atoms with Gasteiger partial charge in [0.05, 0.1) is 18.6 Å². The number of hydrogen-bond donors (Lipinski definition) is 2. The Morgan fingerprint density at radius 3 is 2.50 bits per heavy atom. The third kappa shape index (κ3) is 4.40. The molecule has 132 valence electrons. The van der Waals surface area contributed by atoms with Crippen LogP contribution in [0, 0.1) is 5.41 Å². The predicted octanol–water partition coefficient (Wildman–Crippen LogP) is 2.86. The summed E-state index contributed by atoms with van der Waals surface area (Å²) in [5.41, 5.74) is -0.613. The van der Waals surface area contributed by atoms with Crippen LogP contribution in [0.3, 0.4) is 0 Å². The molecule has 1 aliphatic rings. The molecule has 1 aromatic rings. The Labute approximate surface area is 142 Å². The van der Waals surface area contributed by atoms with E-state index in [1.165, 1.54) is 20.0 Å². The fraction of sp³-hybridized carbons (Fsp3) is 0.556. The smallest absolute Gasteiger partial charge is 0.310 e. The minimum atomic E-state index is -1.02. The number of carboxylic acids is 1. The second kappa shape index (κ2) is 7.55. The zero-order chi connectivity index (χ0) is 17.7. The maximum absolute atomic E-state index is 12.2. The van der Waals surface area contributed by atoms with Crippen LogP contribution in [0.5, 0.6) is 11.5 Å². The maximum atomic E-state index is 12.2. The van der Waals surface area contributed by atoms with E-state index in [1.807, 2.05) is 0 Å². The topological polar surface area (TPSA) is 84.9 Å². The number of methoxy groups -OCH3 is 1. The molecular formula is C18H25NO5. The van der Waals surface area contributed by atoms with E-state index in [0.29, 0.717) is 17.1 Å². The number of rotatable bonds is 7. The number of aliphatic carboxylic acids is 1. The van der Waals surface area contributed by atoms with E-state index < -0.39 is 11.4 Å². The highest BCUT2D eigenvalue weighted by atomic mass is 16.5. The lowest BCUT2D eigenvalue weighted by Gasteiger charge is -2.20. The SMILES string of the molecule is COc1cc(C(=O)NCC(C)(C)C(=O)O)ccc1OC1CCCC1. The molecule has 24 heavy (non-hydrogen) atoms. The molecule has 6 nitrogen and oxygen atoms in total. The normalized spacial score (nSPS) is 15.1. The first-order valence-corrected chi connectivity index (χ1v) is 8.20. The van der Waals surface area contributed by atoms with Crippen LogP contribution in [-0.4, -0.2) is 36.7 Å². The van der Waals surface area contributed by atoms with Gasteiger partial charge < -0.3 is 19.9 Å². The second-order valence-corrected chi connectivity index (χ2v) is 6.76. The number of ether oxygens (including phenoxy) is 2. The Morgan fingerprint density at radius 1 is 1.25 bits per heavy atom. The summed E-state index contributed by atoms with van der Waals surface area (Å²) in [6.07, 6.45) is 4.63. The Bertz CT molecular complexity index is 605. The van der Waals surface area contributed by atoms with Crippen molar-refractivity contribution in [1.82, 2.24) is 5.32 Å². The van der Waals surface area contributed by atoms with Crippen molar-refractivity contribution in [3.63, 3.8) is 0 Å². The number of hydrogen-bond acceptors (Lipinski definition) is 4. The molecule has 1 aromatic carbocycles. The molecule has 0 saturated heterocycles. The first kappa shape index (κ1) is 18.1. The lowest BCUT2D eigenvalue weighted by Crippen LogP contribution is -2.38. The zero-order valence-corrected chi connectivity index (χ0v) is 14.4. The lowest BCUT2D eigenvalue weighted by molar-refractivity contribution is -0.146. The van der Waals surface area contributed by atoms with Crippen molar-refractivity contribution < 1.29 is 24.2 Å². The van der Waals surface area contributed by atoms with Gasteiger partial charge in [0.25, 0.3) is 5.91 Å². The van der Waals surface area contributed by atoms with E-state index in [4.69, 9.17) is 14.6 Å². The first-order chi connectivity index (χ1) is 11.3. The maximum Gasteiger partial charge on any atom is 0.310 e. The molecule has 1 saturated carbocycles. The van der Waals surface area contributed by atoms with Gasteiger partial charge in [0, 0.05) is 12.1 Å². The van der Waals surface area contributed by atoms with Gasteiger partial charge in [-0.15, -0.1) is 0 Å². The molecule has 0 heterocycles. The lowest BCUT2D eigenvalue weighted by atomic mass is 9.94. The first-order valence-electron chi connectivity index (χ1n) is 8.20. The molecule has 1 aliphatic carbocycles. The van der Waals surface area contributed by atoms with Crippen molar-refractivity contribution >= 4 is 11.9 Å². The summed E-state index contributed by atoms with van der Waals surface area (Å²) in [6.45, 7) is 3.17. The summed E-state index contributed by atoms with van der Waals surface area (Å²) >= 11 is 0. The minimum Gasteiger partial charge on any atom is -0.493 e. The summed E-state index contributed by atoms with van der Waals surface area (Å²) in [4.78, 5) is 23.3. The Morgan fingerprint density at radius 2 is 1.92 bits per heavy atom. The third-order valence-electron chi connectivity index (χ3n) is 4.29. The largest absolute Gasteiger partial charge is 0.493 e. The number of carboxylic acid groups (broad SMARTS) is 1. The van der Waals surface area contributed by atoms with E-state index in [-0.39, 0.29) is 18.6 Å². The highest BCUT2D eigenvalue weighted by Gasteiger charge is 2.28. The van der Waals surface area contributed by atoms with E-state index in [2.05, 4.69) is 5.32 Å². The van der Waals surface area contributed by atoms with Gasteiger partial charge in [0.2, 0.25) is 0 Å². The van der Waals surface area contributed by atoms with Crippen LogP contribution < -0.4 is 14.8 Å². The van der Waals surface area contributed by atoms with Crippen LogP contribution in [0.15, 0.2) is 18.2 Å². The summed E-state index contributed by atoms with van der Waals surface area (Å²) < 4.78 is 11.3. The van der Waals surface area contributed by atoms with Gasteiger partial charge in [0.15, 0.2) is 11.5 Å². The Hall–Kier alpha value is -2.24. The van der Waals surface area contributed by atoms with E-state index in [0.717, 1.165) is 12.8 Å². The minimum absolute atomic E-state index is 0.0454. The third-order valence-corrected chi connectivity index (χ3v) is 4.29. The van der Waals surface area contributed by atoms with E-state index >= 15 is 0 Å². The quantitative estimate of drug-likeness (QED) is 0.800. The van der Waals surface area contributed by atoms with Gasteiger partial charge in [-0.25, -0.2) is 0 Å². The highest BCUT2D eigenvalue weighted by Crippen LogP contribution is 2.32. The van der Waals surface area contributed by atoms with Crippen LogP contribution in [0.2, 0.25) is 0 Å². The number of amides is 1. The number of nitrogens with one attached hydrogen (secondary N) is 1. The van der Waals surface area contributed by atoms with Crippen molar-refractivity contribution in [1.29, 1.82) is 0 Å². The zero-order valence-electron chi connectivity index (χ0n) is 14.4. The fourth-order valence-electron chi connectivity index (χ4n) is 2.57. The van der Waals surface area contributed by atoms with Gasteiger partial charge in [0.1, 0.15) is 0 Å². The average Bonchev–Trinajstić information content (AvgIpc) is 3.06. The summed E-state index contributed by atoms with van der Waals surface area (Å²) in [5, 5.41) is 11.7. The second-order valence-electron chi connectivity index (χ2n) is 6.76. The van der Waals surface area contributed by atoms with Gasteiger partial charge in [-0.3, -0.25) is 9.59 Å². The summed E-state index contributed by atoms with van der Waals surface area (Å²) in [5.74, 6) is -0.158. The van der Waals surface area contributed by atoms with Crippen LogP contribution >= 0.6 is 0 Å². The molecule has 0 unspecified atom stereocenters. The predicted molar refractivity (Wildman–Crippen MR) is 89.6 cm³/mol. The molecule has 0 aromatic heterocycles. The monoisotopic (exact) mass is 335 g/mol. The van der Waals surface area contributed by atoms with Crippen LogP contribution in [-0.2, 0) is 4.79 Å². The molecule has 1 amide bonds. The van der Waals surface area contributed by atoms with Crippen molar-refractivity contribution in [3.8, 4) is 11.5 Å². The van der Waals surface area contributed by atoms with E-state index in [1.54, 1.807) is 32.0 Å². The van der Waals surface area contributed by atoms with E-state index in [9.17, 15) is 9.59 Å². The van der Waals surface area contributed by atoms with Crippen LogP contribution in [0.1, 0.15) is 49.9 Å². The van der Waals surface area contributed by atoms with Crippen LogP contribution in [0.4, 0.5) is 0 Å². The molecule has 0 atom stereocenters. The molecule has 0 aliphatic heterocycles. The fourth-order valence-corrected chi connectivity index (χ4v) is 2.57. The molecule has 2 rings (SSSR count). The number of carbonyl (C=O) groups is 2. The van der Waals surface area contributed by atoms with Gasteiger partial charge >= 0.3 is 5.97 Å². The molecule has 1 fully saturated rings. The highest BCUT2D eigenvalue weighted by molar-refractivity contribution is 5.95. The molecule has 6 heteroatoms. The van der Waals surface area contributed by atoms with Gasteiger partial charge in [-0.2, -0.15) is 0 Å². The average molecular weight is 335 g/mol. The molecule has 0 radical (unpaired) electrons. The van der Waals surface area contributed by atoms with Gasteiger partial charge in [-0.1, -0.05) is 0 Å². The number of benzene rings is 1. The molecule has 0 spiro atoms. The Balaban J connectivity index is 2.05. The van der Waals surface area contributed by atoms with Crippen molar-refractivity contribution in [2.75, 3.05) is 13.7 Å².